The van der Waals surface area contributed by atoms with Crippen LogP contribution in [0.3, 0.4) is 0 Å². The highest BCUT2D eigenvalue weighted by molar-refractivity contribution is 5.79. The lowest BCUT2D eigenvalue weighted by Crippen LogP contribution is -2.39. The van der Waals surface area contributed by atoms with Crippen LogP contribution in [0.25, 0.3) is 0 Å². The molecule has 0 unspecified atom stereocenters. The van der Waals surface area contributed by atoms with Gasteiger partial charge in [-0.05, 0) is 43.0 Å². The fourth-order valence-corrected chi connectivity index (χ4v) is 2.77. The number of ether oxygens (including phenoxy) is 2. The van der Waals surface area contributed by atoms with Gasteiger partial charge in [-0.2, -0.15) is 0 Å². The Morgan fingerprint density at radius 3 is 1.96 bits per heavy atom. The third kappa shape index (κ3) is 5.99. The summed E-state index contributed by atoms with van der Waals surface area (Å²) in [6.07, 6.45) is 1.75. The summed E-state index contributed by atoms with van der Waals surface area (Å²) in [5, 5.41) is 6.70. The van der Waals surface area contributed by atoms with Gasteiger partial charge in [0.1, 0.15) is 11.5 Å². The van der Waals surface area contributed by atoms with Gasteiger partial charge in [-0.25, -0.2) is 0 Å². The lowest BCUT2D eigenvalue weighted by Gasteiger charge is -2.14. The predicted octanol–water partition coefficient (Wildman–Crippen LogP) is 3.04. The smallest absolute Gasteiger partial charge is 0.190 e. The number of nitrogens with one attached hydrogen (secondary N) is 2. The normalized spacial score (nSPS) is 11.1. The van der Waals surface area contributed by atoms with Gasteiger partial charge in [0.2, 0.25) is 0 Å². The summed E-state index contributed by atoms with van der Waals surface area (Å²) in [4.78, 5) is 4.28. The van der Waals surface area contributed by atoms with Gasteiger partial charge < -0.3 is 20.1 Å². The van der Waals surface area contributed by atoms with Gasteiger partial charge in [0.05, 0.1) is 13.7 Å². The van der Waals surface area contributed by atoms with E-state index in [1.54, 1.807) is 14.2 Å². The largest absolute Gasteiger partial charge is 0.496 e. The molecule has 0 aliphatic rings. The lowest BCUT2D eigenvalue weighted by molar-refractivity contribution is 0.336. The summed E-state index contributed by atoms with van der Waals surface area (Å²) < 4.78 is 11.1. The number of hydrogen-bond donors (Lipinski definition) is 2. The highest BCUT2D eigenvalue weighted by atomic mass is 16.5. The first kappa shape index (κ1) is 19.6. The maximum atomic E-state index is 5.67. The SMILES string of the molecule is CCOc1ccccc1CCNC(=NC)NCCc1ccccc1OC. The van der Waals surface area contributed by atoms with Gasteiger partial charge in [0.15, 0.2) is 5.96 Å². The molecule has 0 saturated heterocycles. The molecule has 26 heavy (non-hydrogen) atoms. The van der Waals surface area contributed by atoms with Crippen LogP contribution < -0.4 is 20.1 Å². The molecule has 2 rings (SSSR count). The van der Waals surface area contributed by atoms with E-state index in [2.05, 4.69) is 27.8 Å². The zero-order chi connectivity index (χ0) is 18.6. The van der Waals surface area contributed by atoms with E-state index < -0.39 is 0 Å². The van der Waals surface area contributed by atoms with Crippen molar-refractivity contribution in [1.29, 1.82) is 0 Å². The van der Waals surface area contributed by atoms with Crippen molar-refractivity contribution in [2.75, 3.05) is 33.9 Å². The summed E-state index contributed by atoms with van der Waals surface area (Å²) in [6, 6.07) is 16.2. The second-order valence-electron chi connectivity index (χ2n) is 5.78. The molecule has 140 valence electrons. The van der Waals surface area contributed by atoms with Crippen LogP contribution in [0, 0.1) is 0 Å². The first-order valence-corrected chi connectivity index (χ1v) is 9.05. The van der Waals surface area contributed by atoms with Crippen molar-refractivity contribution in [3.05, 3.63) is 59.7 Å². The number of nitrogens with zero attached hydrogens (tertiary/aromatic N) is 1. The van der Waals surface area contributed by atoms with Crippen LogP contribution in [0.1, 0.15) is 18.1 Å². The Hall–Kier alpha value is -2.69. The third-order valence-electron chi connectivity index (χ3n) is 4.06. The van der Waals surface area contributed by atoms with Crippen molar-refractivity contribution in [3.8, 4) is 11.5 Å². The highest BCUT2D eigenvalue weighted by Gasteiger charge is 2.04. The Morgan fingerprint density at radius 2 is 1.42 bits per heavy atom. The minimum atomic E-state index is 0.677. The van der Waals surface area contributed by atoms with Gasteiger partial charge in [-0.1, -0.05) is 36.4 Å². The number of para-hydroxylation sites is 2. The fraction of sp³-hybridized carbons (Fsp3) is 0.381. The molecule has 5 nitrogen and oxygen atoms in total. The number of hydrogen-bond acceptors (Lipinski definition) is 3. The molecule has 0 aromatic heterocycles. The van der Waals surface area contributed by atoms with Crippen LogP contribution in [0.15, 0.2) is 53.5 Å². The van der Waals surface area contributed by atoms with Crippen molar-refractivity contribution in [3.63, 3.8) is 0 Å². The molecule has 2 aromatic rings. The first-order valence-electron chi connectivity index (χ1n) is 9.05. The minimum Gasteiger partial charge on any atom is -0.496 e. The molecule has 0 aliphatic heterocycles. The van der Waals surface area contributed by atoms with E-state index in [4.69, 9.17) is 9.47 Å². The zero-order valence-electron chi connectivity index (χ0n) is 15.9. The topological polar surface area (TPSA) is 54.9 Å². The number of rotatable bonds is 9. The Kier molecular flexibility index (Phi) is 8.33. The van der Waals surface area contributed by atoms with E-state index in [1.165, 1.54) is 11.1 Å². The molecule has 5 heteroatoms. The van der Waals surface area contributed by atoms with E-state index in [0.717, 1.165) is 43.4 Å². The second-order valence-corrected chi connectivity index (χ2v) is 5.78. The van der Waals surface area contributed by atoms with Crippen LogP contribution >= 0.6 is 0 Å². The van der Waals surface area contributed by atoms with E-state index in [-0.39, 0.29) is 0 Å². The molecule has 0 radical (unpaired) electrons. The van der Waals surface area contributed by atoms with E-state index in [1.807, 2.05) is 43.3 Å². The van der Waals surface area contributed by atoms with E-state index >= 15 is 0 Å². The van der Waals surface area contributed by atoms with Crippen LogP contribution in [-0.2, 0) is 12.8 Å². The van der Waals surface area contributed by atoms with Gasteiger partial charge in [-0.15, -0.1) is 0 Å². The molecule has 0 atom stereocenters. The molecule has 0 fully saturated rings. The highest BCUT2D eigenvalue weighted by Crippen LogP contribution is 2.18. The minimum absolute atomic E-state index is 0.677. The summed E-state index contributed by atoms with van der Waals surface area (Å²) in [5.74, 6) is 2.68. The molecule has 0 amide bonds. The van der Waals surface area contributed by atoms with Gasteiger partial charge >= 0.3 is 0 Å². The first-order chi connectivity index (χ1) is 12.8. The summed E-state index contributed by atoms with van der Waals surface area (Å²) >= 11 is 0. The predicted molar refractivity (Wildman–Crippen MR) is 107 cm³/mol. The zero-order valence-corrected chi connectivity index (χ0v) is 15.9. The monoisotopic (exact) mass is 355 g/mol. The molecule has 0 heterocycles. The van der Waals surface area contributed by atoms with Crippen LogP contribution in [0.4, 0.5) is 0 Å². The molecule has 0 bridgehead atoms. The second kappa shape index (κ2) is 11.0. The maximum Gasteiger partial charge on any atom is 0.190 e. The van der Waals surface area contributed by atoms with Crippen molar-refractivity contribution in [1.82, 2.24) is 10.6 Å². The molecule has 2 N–H and O–H groups in total. The number of benzene rings is 2. The quantitative estimate of drug-likeness (QED) is 0.536. The van der Waals surface area contributed by atoms with Crippen LogP contribution in [0.2, 0.25) is 0 Å². The molecule has 2 aromatic carbocycles. The number of aliphatic imine (C=N–C) groups is 1. The molecular formula is C21H29N3O2. The Morgan fingerprint density at radius 1 is 0.885 bits per heavy atom. The summed E-state index contributed by atoms with van der Waals surface area (Å²) in [6.45, 7) is 4.26. The lowest BCUT2D eigenvalue weighted by atomic mass is 10.1. The van der Waals surface area contributed by atoms with Crippen molar-refractivity contribution in [2.24, 2.45) is 4.99 Å². The van der Waals surface area contributed by atoms with Crippen LogP contribution in [-0.4, -0.2) is 39.8 Å². The number of methoxy groups -OCH3 is 1. The van der Waals surface area contributed by atoms with E-state index in [9.17, 15) is 0 Å². The summed E-state index contributed by atoms with van der Waals surface area (Å²) in [5.41, 5.74) is 2.38. The molecule has 0 spiro atoms. The van der Waals surface area contributed by atoms with E-state index in [0.29, 0.717) is 6.61 Å². The number of guanidine groups is 1. The Balaban J connectivity index is 1.78. The summed E-state index contributed by atoms with van der Waals surface area (Å²) in [7, 11) is 3.49. The molecule has 0 aliphatic carbocycles. The average Bonchev–Trinajstić information content (AvgIpc) is 2.68. The fourth-order valence-electron chi connectivity index (χ4n) is 2.77. The van der Waals surface area contributed by atoms with Gasteiger partial charge in [-0.3, -0.25) is 4.99 Å². The third-order valence-corrected chi connectivity index (χ3v) is 4.06. The molecule has 0 saturated carbocycles. The molecular weight excluding hydrogens is 326 g/mol. The standard InChI is InChI=1S/C21H29N3O2/c1-4-26-20-12-8-6-10-18(20)14-16-24-21(22-2)23-15-13-17-9-5-7-11-19(17)25-3/h5-12H,4,13-16H2,1-3H3,(H2,22,23,24). The van der Waals surface area contributed by atoms with Crippen LogP contribution in [0.5, 0.6) is 11.5 Å². The maximum absolute atomic E-state index is 5.67. The van der Waals surface area contributed by atoms with Crippen molar-refractivity contribution in [2.45, 2.75) is 19.8 Å². The van der Waals surface area contributed by atoms with Gasteiger partial charge in [0.25, 0.3) is 0 Å². The van der Waals surface area contributed by atoms with Gasteiger partial charge in [0, 0.05) is 20.1 Å². The average molecular weight is 355 g/mol. The Bertz CT molecular complexity index is 701. The Labute approximate surface area is 156 Å². The van der Waals surface area contributed by atoms with Crippen molar-refractivity contribution < 1.29 is 9.47 Å². The van der Waals surface area contributed by atoms with Crippen molar-refractivity contribution >= 4 is 5.96 Å².